The Bertz CT molecular complexity index is 816. The molecule has 0 spiro atoms. The fourth-order valence-corrected chi connectivity index (χ4v) is 3.55. The van der Waals surface area contributed by atoms with E-state index in [9.17, 15) is 10.1 Å². The number of hydrogen-bond donors (Lipinski definition) is 0. The summed E-state index contributed by atoms with van der Waals surface area (Å²) in [6.07, 6.45) is -2.87. The molecule has 9 heteroatoms. The summed E-state index contributed by atoms with van der Waals surface area (Å²) in [6, 6.07) is 15.5. The van der Waals surface area contributed by atoms with Crippen molar-refractivity contribution >= 4 is 5.69 Å². The van der Waals surface area contributed by atoms with Crippen LogP contribution in [0.25, 0.3) is 0 Å². The van der Waals surface area contributed by atoms with Crippen molar-refractivity contribution in [3.05, 3.63) is 70.3 Å². The van der Waals surface area contributed by atoms with Crippen LogP contribution in [0.1, 0.15) is 5.56 Å². The molecule has 0 bridgehead atoms. The Morgan fingerprint density at radius 2 is 1.61 bits per heavy atom. The van der Waals surface area contributed by atoms with E-state index >= 15 is 0 Å². The molecule has 0 N–H and O–H groups in total. The molecule has 1 saturated heterocycles. The number of hydrogen-bond acceptors (Lipinski definition) is 8. The summed E-state index contributed by atoms with van der Waals surface area (Å²) in [6.45, 7) is 0.587. The normalized spacial score (nSPS) is 25.8. The number of nitro benzene ring substituents is 1. The van der Waals surface area contributed by atoms with Gasteiger partial charge >= 0.3 is 0 Å². The third kappa shape index (κ3) is 5.78. The zero-order chi connectivity index (χ0) is 22.2. The summed E-state index contributed by atoms with van der Waals surface area (Å²) in [4.78, 5) is 10.4. The lowest BCUT2D eigenvalue weighted by atomic mass is 9.98. The van der Waals surface area contributed by atoms with Gasteiger partial charge in [-0.2, -0.15) is 0 Å². The molecule has 2 aromatic rings. The van der Waals surface area contributed by atoms with E-state index in [1.165, 1.54) is 24.3 Å². The Hall–Kier alpha value is -2.56. The second-order valence-electron chi connectivity index (χ2n) is 7.03. The van der Waals surface area contributed by atoms with Gasteiger partial charge in [-0.25, -0.2) is 0 Å². The molecule has 9 nitrogen and oxygen atoms in total. The SMILES string of the molecule is COC[C@H]1O[C@@H](Oc2ccc([N+](=O)[O-])cc2)[C@H](OCc2ccccc2)[C@@H](OC)[C@H]1OC. The average Bonchev–Trinajstić information content (AvgIpc) is 2.79. The topological polar surface area (TPSA) is 98.5 Å². The van der Waals surface area contributed by atoms with Crippen molar-refractivity contribution in [3.63, 3.8) is 0 Å². The van der Waals surface area contributed by atoms with Gasteiger partial charge in [-0.05, 0) is 17.7 Å². The van der Waals surface area contributed by atoms with Crippen LogP contribution in [0.3, 0.4) is 0 Å². The fourth-order valence-electron chi connectivity index (χ4n) is 3.55. The maximum absolute atomic E-state index is 10.9. The van der Waals surface area contributed by atoms with Gasteiger partial charge in [0.15, 0.2) is 0 Å². The standard InChI is InChI=1S/C22H27NO8/c1-26-14-18-19(27-2)20(28-3)21(29-13-15-7-5-4-6-8-15)22(31-18)30-17-11-9-16(10-12-17)23(24)25/h4-12,18-22H,13-14H2,1-3H3/t18-,19+,20+,21-,22-/m1/s1. The summed E-state index contributed by atoms with van der Waals surface area (Å²) < 4.78 is 35.0. The molecule has 0 aromatic heterocycles. The molecule has 31 heavy (non-hydrogen) atoms. The molecular weight excluding hydrogens is 406 g/mol. The van der Waals surface area contributed by atoms with Crippen molar-refractivity contribution in [2.75, 3.05) is 27.9 Å². The van der Waals surface area contributed by atoms with Crippen LogP contribution < -0.4 is 4.74 Å². The molecular formula is C22H27NO8. The van der Waals surface area contributed by atoms with E-state index in [0.717, 1.165) is 5.56 Å². The van der Waals surface area contributed by atoms with E-state index in [1.807, 2.05) is 30.3 Å². The van der Waals surface area contributed by atoms with Crippen LogP contribution in [-0.2, 0) is 30.3 Å². The maximum Gasteiger partial charge on any atom is 0.269 e. The molecule has 1 heterocycles. The molecule has 1 aliphatic rings. The highest BCUT2D eigenvalue weighted by atomic mass is 16.7. The Kier molecular flexibility index (Phi) is 8.33. The van der Waals surface area contributed by atoms with Gasteiger partial charge in [-0.3, -0.25) is 10.1 Å². The molecule has 0 amide bonds. The van der Waals surface area contributed by atoms with Crippen molar-refractivity contribution in [3.8, 4) is 5.75 Å². The van der Waals surface area contributed by atoms with Gasteiger partial charge in [-0.15, -0.1) is 0 Å². The first-order valence-corrected chi connectivity index (χ1v) is 9.84. The Morgan fingerprint density at radius 3 is 2.19 bits per heavy atom. The first-order chi connectivity index (χ1) is 15.1. The molecule has 168 valence electrons. The fraction of sp³-hybridized carbons (Fsp3) is 0.455. The van der Waals surface area contributed by atoms with E-state index in [1.54, 1.807) is 21.3 Å². The van der Waals surface area contributed by atoms with Gasteiger partial charge < -0.3 is 28.4 Å². The Morgan fingerprint density at radius 1 is 0.935 bits per heavy atom. The molecule has 0 radical (unpaired) electrons. The highest BCUT2D eigenvalue weighted by Crippen LogP contribution is 2.30. The van der Waals surface area contributed by atoms with E-state index in [4.69, 9.17) is 28.4 Å². The minimum atomic E-state index is -0.846. The lowest BCUT2D eigenvalue weighted by Crippen LogP contribution is -2.62. The number of rotatable bonds is 10. The molecule has 0 aliphatic carbocycles. The van der Waals surface area contributed by atoms with E-state index in [-0.39, 0.29) is 12.3 Å². The summed E-state index contributed by atoms with van der Waals surface area (Å²) in [5.41, 5.74) is 0.958. The van der Waals surface area contributed by atoms with Crippen molar-refractivity contribution < 1.29 is 33.3 Å². The van der Waals surface area contributed by atoms with Crippen LogP contribution in [0.5, 0.6) is 5.75 Å². The predicted octanol–water partition coefficient (Wildman–Crippen LogP) is 2.96. The Balaban J connectivity index is 1.83. The summed E-state index contributed by atoms with van der Waals surface area (Å²) >= 11 is 0. The van der Waals surface area contributed by atoms with Crippen LogP contribution in [0.4, 0.5) is 5.69 Å². The van der Waals surface area contributed by atoms with Crippen molar-refractivity contribution in [1.82, 2.24) is 0 Å². The molecule has 3 rings (SSSR count). The summed E-state index contributed by atoms with van der Waals surface area (Å²) in [5.74, 6) is 0.408. The number of benzene rings is 2. The molecule has 1 fully saturated rings. The lowest BCUT2D eigenvalue weighted by Gasteiger charge is -2.44. The van der Waals surface area contributed by atoms with Crippen LogP contribution in [0.15, 0.2) is 54.6 Å². The third-order valence-corrected chi connectivity index (χ3v) is 5.05. The number of ether oxygens (including phenoxy) is 6. The van der Waals surface area contributed by atoms with Gasteiger partial charge in [0, 0.05) is 33.5 Å². The van der Waals surface area contributed by atoms with Crippen LogP contribution in [0, 0.1) is 10.1 Å². The van der Waals surface area contributed by atoms with Gasteiger partial charge in [0.2, 0.25) is 6.29 Å². The zero-order valence-electron chi connectivity index (χ0n) is 17.7. The molecule has 0 saturated carbocycles. The zero-order valence-corrected chi connectivity index (χ0v) is 17.7. The van der Waals surface area contributed by atoms with Crippen LogP contribution in [0.2, 0.25) is 0 Å². The summed E-state index contributed by atoms with van der Waals surface area (Å²) in [7, 11) is 4.73. The second kappa shape index (κ2) is 11.2. The number of non-ortho nitro benzene ring substituents is 1. The van der Waals surface area contributed by atoms with Crippen LogP contribution in [-0.4, -0.2) is 63.6 Å². The van der Waals surface area contributed by atoms with Crippen molar-refractivity contribution in [2.45, 2.75) is 37.3 Å². The first-order valence-electron chi connectivity index (χ1n) is 9.84. The predicted molar refractivity (Wildman–Crippen MR) is 111 cm³/mol. The van der Waals surface area contributed by atoms with Crippen LogP contribution >= 0.6 is 0 Å². The Labute approximate surface area is 180 Å². The first kappa shape index (κ1) is 23.1. The highest BCUT2D eigenvalue weighted by molar-refractivity contribution is 5.36. The van der Waals surface area contributed by atoms with Crippen molar-refractivity contribution in [2.24, 2.45) is 0 Å². The average molecular weight is 433 g/mol. The molecule has 2 aromatic carbocycles. The lowest BCUT2D eigenvalue weighted by molar-refractivity contribution is -0.384. The van der Waals surface area contributed by atoms with E-state index < -0.39 is 35.6 Å². The van der Waals surface area contributed by atoms with Gasteiger partial charge in [0.05, 0.1) is 18.1 Å². The van der Waals surface area contributed by atoms with E-state index in [0.29, 0.717) is 12.4 Å². The van der Waals surface area contributed by atoms with Gasteiger partial charge in [0.25, 0.3) is 5.69 Å². The minimum Gasteiger partial charge on any atom is -0.462 e. The minimum absolute atomic E-state index is 0.0275. The monoisotopic (exact) mass is 433 g/mol. The third-order valence-electron chi connectivity index (χ3n) is 5.05. The highest BCUT2D eigenvalue weighted by Gasteiger charge is 2.48. The van der Waals surface area contributed by atoms with Gasteiger partial charge in [-0.1, -0.05) is 30.3 Å². The molecule has 1 aliphatic heterocycles. The van der Waals surface area contributed by atoms with E-state index in [2.05, 4.69) is 0 Å². The smallest absolute Gasteiger partial charge is 0.269 e. The second-order valence-corrected chi connectivity index (χ2v) is 7.03. The largest absolute Gasteiger partial charge is 0.462 e. The molecule has 0 unspecified atom stereocenters. The number of nitro groups is 1. The van der Waals surface area contributed by atoms with Crippen molar-refractivity contribution in [1.29, 1.82) is 0 Å². The van der Waals surface area contributed by atoms with Gasteiger partial charge in [0.1, 0.15) is 30.2 Å². The molecule has 5 atom stereocenters. The summed E-state index contributed by atoms with van der Waals surface area (Å²) in [5, 5.41) is 10.9. The number of nitrogens with zero attached hydrogens (tertiary/aromatic N) is 1. The number of methoxy groups -OCH3 is 3. The quantitative estimate of drug-likeness (QED) is 0.417. The maximum atomic E-state index is 10.9.